The van der Waals surface area contributed by atoms with Gasteiger partial charge in [-0.2, -0.15) is 15.8 Å². The predicted molar refractivity (Wildman–Crippen MR) is 127 cm³/mol. The number of hydrogen-bond donors (Lipinski definition) is 1. The molecule has 0 spiro atoms. The van der Waals surface area contributed by atoms with Gasteiger partial charge in [0.15, 0.2) is 5.82 Å². The number of nitrogens with one attached hydrogen (secondary N) is 1. The van der Waals surface area contributed by atoms with Crippen LogP contribution in [-0.4, -0.2) is 21.6 Å². The second-order valence-electron chi connectivity index (χ2n) is 8.43. The summed E-state index contributed by atoms with van der Waals surface area (Å²) in [6.45, 7) is 0.695. The molecular weight excluding hydrogens is 424 g/mol. The fourth-order valence-corrected chi connectivity index (χ4v) is 4.30. The van der Waals surface area contributed by atoms with Crippen molar-refractivity contribution in [2.75, 3.05) is 6.61 Å². The van der Waals surface area contributed by atoms with Crippen LogP contribution >= 0.6 is 0 Å². The van der Waals surface area contributed by atoms with E-state index in [1.807, 2.05) is 24.3 Å². The van der Waals surface area contributed by atoms with E-state index in [4.69, 9.17) is 14.7 Å². The maximum absolute atomic E-state index is 9.64. The van der Waals surface area contributed by atoms with Crippen molar-refractivity contribution in [1.82, 2.24) is 15.0 Å². The summed E-state index contributed by atoms with van der Waals surface area (Å²) in [7, 11) is 0. The number of aromatic amines is 1. The summed E-state index contributed by atoms with van der Waals surface area (Å²) in [6, 6.07) is 20.8. The molecular formula is C27H16N6O. The molecule has 3 aromatic carbocycles. The molecule has 1 aliphatic rings. The SMILES string of the molecule is N#Cc1ccc2c3nc(-c4c(C#N)cccc4C#N)nc3c3ccc(OCC4CC4)cc3c2[nH]1. The third kappa shape index (κ3) is 3.10. The lowest BCUT2D eigenvalue weighted by molar-refractivity contribution is 0.300. The van der Waals surface area contributed by atoms with E-state index in [-0.39, 0.29) is 0 Å². The van der Waals surface area contributed by atoms with Crippen molar-refractivity contribution in [2.45, 2.75) is 12.8 Å². The van der Waals surface area contributed by atoms with Crippen LogP contribution < -0.4 is 4.74 Å². The van der Waals surface area contributed by atoms with E-state index in [1.165, 1.54) is 12.8 Å². The van der Waals surface area contributed by atoms with E-state index in [9.17, 15) is 15.8 Å². The molecule has 0 radical (unpaired) electrons. The highest BCUT2D eigenvalue weighted by Gasteiger charge is 2.23. The van der Waals surface area contributed by atoms with Gasteiger partial charge in [0.1, 0.15) is 23.0 Å². The van der Waals surface area contributed by atoms with Crippen LogP contribution in [0.3, 0.4) is 0 Å². The van der Waals surface area contributed by atoms with E-state index in [0.717, 1.165) is 27.4 Å². The topological polar surface area (TPSA) is 122 Å². The number of H-pyrrole nitrogens is 1. The van der Waals surface area contributed by atoms with E-state index < -0.39 is 0 Å². The molecule has 0 unspecified atom stereocenters. The number of benzene rings is 3. The molecule has 0 bridgehead atoms. The van der Waals surface area contributed by atoms with Crippen LogP contribution in [0, 0.1) is 39.9 Å². The number of fused-ring (bicyclic) bond motifs is 6. The average molecular weight is 440 g/mol. The van der Waals surface area contributed by atoms with Gasteiger partial charge in [0.2, 0.25) is 0 Å². The van der Waals surface area contributed by atoms with Crippen molar-refractivity contribution in [3.63, 3.8) is 0 Å². The van der Waals surface area contributed by atoms with Crippen molar-refractivity contribution in [1.29, 1.82) is 15.8 Å². The zero-order valence-corrected chi connectivity index (χ0v) is 18.0. The highest BCUT2D eigenvalue weighted by Crippen LogP contribution is 2.38. The minimum atomic E-state index is 0.330. The normalized spacial score (nSPS) is 13.0. The Morgan fingerprint density at radius 3 is 2.24 bits per heavy atom. The molecule has 160 valence electrons. The molecule has 0 aliphatic heterocycles. The molecule has 1 N–H and O–H groups in total. The number of hydrogen-bond acceptors (Lipinski definition) is 6. The molecule has 2 aromatic heterocycles. The Balaban J connectivity index is 1.66. The van der Waals surface area contributed by atoms with Crippen molar-refractivity contribution >= 4 is 32.7 Å². The highest BCUT2D eigenvalue weighted by molar-refractivity contribution is 6.22. The van der Waals surface area contributed by atoms with Crippen LogP contribution in [0.2, 0.25) is 0 Å². The van der Waals surface area contributed by atoms with Crippen LogP contribution in [0.15, 0.2) is 48.5 Å². The molecule has 34 heavy (non-hydrogen) atoms. The van der Waals surface area contributed by atoms with Crippen LogP contribution in [0.5, 0.6) is 5.75 Å². The van der Waals surface area contributed by atoms with Crippen LogP contribution in [-0.2, 0) is 0 Å². The quantitative estimate of drug-likeness (QED) is 0.377. The first-order valence-corrected chi connectivity index (χ1v) is 10.9. The van der Waals surface area contributed by atoms with Gasteiger partial charge in [0.25, 0.3) is 0 Å². The van der Waals surface area contributed by atoms with Crippen molar-refractivity contribution in [3.05, 3.63) is 65.4 Å². The van der Waals surface area contributed by atoms with Crippen LogP contribution in [0.1, 0.15) is 29.7 Å². The monoisotopic (exact) mass is 440 g/mol. The lowest BCUT2D eigenvalue weighted by Crippen LogP contribution is -1.99. The summed E-state index contributed by atoms with van der Waals surface area (Å²) < 4.78 is 6.00. The van der Waals surface area contributed by atoms with Crippen molar-refractivity contribution in [3.8, 4) is 35.3 Å². The molecule has 0 amide bonds. The minimum absolute atomic E-state index is 0.330. The lowest BCUT2D eigenvalue weighted by atomic mass is 10.0. The van der Waals surface area contributed by atoms with Gasteiger partial charge in [-0.3, -0.25) is 0 Å². The first kappa shape index (κ1) is 19.7. The molecule has 0 atom stereocenters. The Morgan fingerprint density at radius 2 is 1.56 bits per heavy atom. The third-order valence-corrected chi connectivity index (χ3v) is 6.21. The number of rotatable bonds is 4. The van der Waals surface area contributed by atoms with E-state index in [0.29, 0.717) is 51.8 Å². The van der Waals surface area contributed by atoms with Crippen LogP contribution in [0.4, 0.5) is 0 Å². The maximum atomic E-state index is 9.64. The number of nitriles is 3. The van der Waals surface area contributed by atoms with Crippen LogP contribution in [0.25, 0.3) is 44.1 Å². The van der Waals surface area contributed by atoms with Gasteiger partial charge in [0.05, 0.1) is 46.5 Å². The van der Waals surface area contributed by atoms with Gasteiger partial charge >= 0.3 is 0 Å². The number of pyridine rings is 1. The Hall–Kier alpha value is -4.93. The Kier molecular flexibility index (Phi) is 4.40. The maximum Gasteiger partial charge on any atom is 0.163 e. The molecule has 1 fully saturated rings. The average Bonchev–Trinajstić information content (AvgIpc) is 3.62. The fourth-order valence-electron chi connectivity index (χ4n) is 4.30. The zero-order valence-electron chi connectivity index (χ0n) is 18.0. The first-order chi connectivity index (χ1) is 16.7. The van der Waals surface area contributed by atoms with E-state index >= 15 is 0 Å². The second-order valence-corrected chi connectivity index (χ2v) is 8.43. The molecule has 0 saturated heterocycles. The number of ether oxygens (including phenoxy) is 1. The van der Waals surface area contributed by atoms with Gasteiger partial charge in [0, 0.05) is 16.2 Å². The minimum Gasteiger partial charge on any atom is -0.493 e. The summed E-state index contributed by atoms with van der Waals surface area (Å²) in [5.74, 6) is 1.72. The van der Waals surface area contributed by atoms with Gasteiger partial charge in [-0.15, -0.1) is 0 Å². The van der Waals surface area contributed by atoms with Gasteiger partial charge < -0.3 is 9.72 Å². The Bertz CT molecular complexity index is 1730. The van der Waals surface area contributed by atoms with Gasteiger partial charge in [-0.25, -0.2) is 9.97 Å². The van der Waals surface area contributed by atoms with E-state index in [1.54, 1.807) is 24.3 Å². The molecule has 6 rings (SSSR count). The Labute approximate surface area is 194 Å². The van der Waals surface area contributed by atoms with Gasteiger partial charge in [-0.05, 0) is 61.2 Å². The zero-order chi connectivity index (χ0) is 23.2. The predicted octanol–water partition coefficient (Wildman–Crippen LogP) is 5.34. The molecule has 2 heterocycles. The van der Waals surface area contributed by atoms with Crippen molar-refractivity contribution < 1.29 is 4.74 Å². The second kappa shape index (κ2) is 7.59. The summed E-state index contributed by atoms with van der Waals surface area (Å²) in [6.07, 6.45) is 2.41. The molecule has 1 saturated carbocycles. The largest absolute Gasteiger partial charge is 0.493 e. The van der Waals surface area contributed by atoms with Crippen molar-refractivity contribution in [2.24, 2.45) is 5.92 Å². The number of nitrogens with zero attached hydrogens (tertiary/aromatic N) is 5. The summed E-state index contributed by atoms with van der Waals surface area (Å²) >= 11 is 0. The number of imidazole rings is 1. The molecule has 1 aliphatic carbocycles. The third-order valence-electron chi connectivity index (χ3n) is 6.21. The first-order valence-electron chi connectivity index (χ1n) is 10.9. The standard InChI is InChI=1S/C27H16N6O/c28-11-16-2-1-3-17(12-29)23(16)27-32-25-20-9-7-19(34-14-15-4-5-15)10-22(20)24-21(26(25)33-27)8-6-18(13-30)31-24/h1-3,6-10,15,31H,4-5,14H2. The Morgan fingerprint density at radius 1 is 0.853 bits per heavy atom. The summed E-state index contributed by atoms with van der Waals surface area (Å²) in [4.78, 5) is 12.8. The lowest BCUT2D eigenvalue weighted by Gasteiger charge is -2.10. The highest BCUT2D eigenvalue weighted by atomic mass is 16.5. The molecule has 7 heteroatoms. The smallest absolute Gasteiger partial charge is 0.163 e. The molecule has 7 nitrogen and oxygen atoms in total. The fraction of sp³-hybridized carbons (Fsp3) is 0.148. The molecule has 5 aromatic rings. The summed E-state index contributed by atoms with van der Waals surface area (Å²) in [5.41, 5.74) is 3.61. The van der Waals surface area contributed by atoms with Gasteiger partial charge in [-0.1, -0.05) is 6.07 Å². The summed E-state index contributed by atoms with van der Waals surface area (Å²) in [5, 5.41) is 31.2. The number of aromatic nitrogens is 3. The van der Waals surface area contributed by atoms with E-state index in [2.05, 4.69) is 23.2 Å².